The summed E-state index contributed by atoms with van der Waals surface area (Å²) >= 11 is 7.39. The number of aryl methyl sites for hydroxylation is 1. The average Bonchev–Trinajstić information content (AvgIpc) is 2.32. The predicted octanol–water partition coefficient (Wildman–Crippen LogP) is 5.37. The Hall–Kier alpha value is -0.380. The molecule has 1 aliphatic rings. The first-order valence-corrected chi connectivity index (χ1v) is 7.42. The fourth-order valence-electron chi connectivity index (χ4n) is 1.66. The van der Waals surface area contributed by atoms with Crippen molar-refractivity contribution in [1.29, 1.82) is 0 Å². The molecule has 0 aliphatic carbocycles. The lowest BCUT2D eigenvalue weighted by molar-refractivity contribution is 1.12. The largest absolute Gasteiger partial charge is 0.0877 e. The minimum atomic E-state index is 1.23. The third-order valence-electron chi connectivity index (χ3n) is 2.54. The zero-order valence-electron chi connectivity index (χ0n) is 8.66. The van der Waals surface area contributed by atoms with Gasteiger partial charge in [0.05, 0.1) is 0 Å². The van der Waals surface area contributed by atoms with Crippen LogP contribution < -0.4 is 0 Å². The van der Waals surface area contributed by atoms with E-state index >= 15 is 0 Å². The lowest BCUT2D eigenvalue weighted by Crippen LogP contribution is -1.91. The van der Waals surface area contributed by atoms with E-state index in [1.54, 1.807) is 0 Å². The average molecular weight is 309 g/mol. The minimum absolute atomic E-state index is 1.23. The summed E-state index contributed by atoms with van der Waals surface area (Å²) in [6.45, 7) is 2.14. The van der Waals surface area contributed by atoms with Crippen LogP contribution in [0.2, 0.25) is 0 Å². The lowest BCUT2D eigenvalue weighted by atomic mass is 10.2. The van der Waals surface area contributed by atoms with Crippen LogP contribution in [0.3, 0.4) is 0 Å². The fraction of sp³-hybridized carbons (Fsp3) is 0.0769. The lowest BCUT2D eigenvalue weighted by Gasteiger charge is -2.19. The Labute approximate surface area is 112 Å². The van der Waals surface area contributed by atoms with Crippen LogP contribution >= 0.6 is 39.5 Å². The molecule has 0 saturated heterocycles. The van der Waals surface area contributed by atoms with Crippen LogP contribution in [0.4, 0.5) is 0 Å². The molecule has 3 heteroatoms. The van der Waals surface area contributed by atoms with Crippen LogP contribution in [0.15, 0.2) is 60.5 Å². The van der Waals surface area contributed by atoms with Gasteiger partial charge in [0.25, 0.3) is 0 Å². The Morgan fingerprint density at radius 1 is 0.875 bits per heavy atom. The summed E-state index contributed by atoms with van der Waals surface area (Å²) in [6, 6.07) is 12.9. The Bertz CT molecular complexity index is 564. The molecule has 0 nitrogen and oxygen atoms in total. The van der Waals surface area contributed by atoms with Crippen LogP contribution in [-0.4, -0.2) is 0 Å². The summed E-state index contributed by atoms with van der Waals surface area (Å²) in [5, 5.41) is 0. The smallest absolute Gasteiger partial charge is 0.0407 e. The predicted molar refractivity (Wildman–Crippen MR) is 73.6 cm³/mol. The van der Waals surface area contributed by atoms with Crippen LogP contribution in [-0.2, 0) is 0 Å². The van der Waals surface area contributed by atoms with Crippen molar-refractivity contribution in [3.63, 3.8) is 0 Å². The van der Waals surface area contributed by atoms with Crippen molar-refractivity contribution in [1.82, 2.24) is 0 Å². The van der Waals surface area contributed by atoms with Crippen molar-refractivity contribution in [2.75, 3.05) is 0 Å². The Morgan fingerprint density at radius 3 is 2.31 bits per heavy atom. The van der Waals surface area contributed by atoms with E-state index in [2.05, 4.69) is 59.3 Å². The van der Waals surface area contributed by atoms with Gasteiger partial charge >= 0.3 is 0 Å². The van der Waals surface area contributed by atoms with Gasteiger partial charge < -0.3 is 0 Å². The minimum Gasteiger partial charge on any atom is -0.0877 e. The van der Waals surface area contributed by atoms with Gasteiger partial charge in [0, 0.05) is 24.1 Å². The quantitative estimate of drug-likeness (QED) is 0.547. The molecule has 2 aromatic rings. The second-order valence-corrected chi connectivity index (χ2v) is 6.60. The van der Waals surface area contributed by atoms with E-state index in [-0.39, 0.29) is 0 Å². The summed E-state index contributed by atoms with van der Waals surface area (Å²) in [4.78, 5) is 5.41. The Morgan fingerprint density at radius 2 is 1.56 bits per heavy atom. The van der Waals surface area contributed by atoms with Gasteiger partial charge in [-0.1, -0.05) is 41.7 Å². The molecule has 0 unspecified atom stereocenters. The third kappa shape index (κ3) is 1.71. The molecule has 0 bridgehead atoms. The Balaban J connectivity index is 2.16. The molecule has 0 saturated carbocycles. The summed E-state index contributed by atoms with van der Waals surface area (Å²) in [5.41, 5.74) is 1.30. The van der Waals surface area contributed by atoms with Crippen LogP contribution in [0.1, 0.15) is 5.56 Å². The van der Waals surface area contributed by atoms with E-state index in [1.807, 2.05) is 23.5 Å². The summed E-state index contributed by atoms with van der Waals surface area (Å²) in [7, 11) is 0. The summed E-state index contributed by atoms with van der Waals surface area (Å²) in [5.74, 6) is 0. The first-order chi connectivity index (χ1) is 7.75. The van der Waals surface area contributed by atoms with Crippen molar-refractivity contribution in [2.45, 2.75) is 26.5 Å². The highest BCUT2D eigenvalue weighted by atomic mass is 79.9. The van der Waals surface area contributed by atoms with E-state index in [0.717, 1.165) is 0 Å². The first kappa shape index (κ1) is 10.8. The molecule has 0 radical (unpaired) electrons. The monoisotopic (exact) mass is 308 g/mol. The molecule has 1 aliphatic heterocycles. The summed E-state index contributed by atoms with van der Waals surface area (Å²) in [6.07, 6.45) is 0. The summed E-state index contributed by atoms with van der Waals surface area (Å²) < 4.78 is 1.23. The molecule has 0 spiro atoms. The maximum absolute atomic E-state index is 3.68. The zero-order valence-corrected chi connectivity index (χ0v) is 11.9. The van der Waals surface area contributed by atoms with E-state index in [9.17, 15) is 0 Å². The molecule has 0 fully saturated rings. The van der Waals surface area contributed by atoms with Crippen molar-refractivity contribution in [3.05, 3.63) is 46.4 Å². The van der Waals surface area contributed by atoms with Gasteiger partial charge in [-0.05, 0) is 46.6 Å². The maximum atomic E-state index is 3.68. The molecule has 0 amide bonds. The number of fused-ring (bicyclic) bond motifs is 2. The van der Waals surface area contributed by atoms with Gasteiger partial charge in [0.1, 0.15) is 0 Å². The van der Waals surface area contributed by atoms with Crippen LogP contribution in [0.25, 0.3) is 0 Å². The highest BCUT2D eigenvalue weighted by molar-refractivity contribution is 9.10. The number of rotatable bonds is 0. The third-order valence-corrected chi connectivity index (χ3v) is 6.42. The van der Waals surface area contributed by atoms with Crippen LogP contribution in [0.5, 0.6) is 0 Å². The molecule has 16 heavy (non-hydrogen) atoms. The van der Waals surface area contributed by atoms with Gasteiger partial charge in [-0.25, -0.2) is 0 Å². The second kappa shape index (κ2) is 4.13. The Kier molecular flexibility index (Phi) is 2.78. The van der Waals surface area contributed by atoms with Crippen molar-refractivity contribution in [2.24, 2.45) is 0 Å². The van der Waals surface area contributed by atoms with E-state index in [0.29, 0.717) is 0 Å². The van der Waals surface area contributed by atoms with E-state index < -0.39 is 0 Å². The molecule has 0 aromatic heterocycles. The molecule has 0 atom stereocenters. The molecular formula is C13H9BrS2. The van der Waals surface area contributed by atoms with Gasteiger partial charge in [-0.15, -0.1) is 0 Å². The van der Waals surface area contributed by atoms with E-state index in [1.165, 1.54) is 29.6 Å². The SMILES string of the molecule is Cc1ccc2c(c1Br)Sc1ccccc1S2. The second-order valence-electron chi connectivity index (χ2n) is 3.67. The molecule has 3 rings (SSSR count). The fourth-order valence-corrected chi connectivity index (χ4v) is 4.72. The van der Waals surface area contributed by atoms with Crippen molar-refractivity contribution >= 4 is 39.5 Å². The normalized spacial score (nSPS) is 13.1. The molecule has 80 valence electrons. The number of halogens is 1. The molecule has 0 N–H and O–H groups in total. The van der Waals surface area contributed by atoms with Crippen LogP contribution in [0, 0.1) is 6.92 Å². The number of benzene rings is 2. The van der Waals surface area contributed by atoms with Gasteiger partial charge in [0.2, 0.25) is 0 Å². The maximum Gasteiger partial charge on any atom is 0.0407 e. The standard InChI is InChI=1S/C13H9BrS2/c1-8-6-7-11-13(12(8)14)16-10-5-3-2-4-9(10)15-11/h2-7H,1H3. The molecule has 2 aromatic carbocycles. The zero-order chi connectivity index (χ0) is 11.1. The van der Waals surface area contributed by atoms with Gasteiger partial charge in [-0.3, -0.25) is 0 Å². The van der Waals surface area contributed by atoms with Gasteiger partial charge in [0.15, 0.2) is 0 Å². The van der Waals surface area contributed by atoms with Crippen molar-refractivity contribution < 1.29 is 0 Å². The van der Waals surface area contributed by atoms with Crippen molar-refractivity contribution in [3.8, 4) is 0 Å². The molecular weight excluding hydrogens is 300 g/mol. The number of hydrogen-bond donors (Lipinski definition) is 0. The highest BCUT2D eigenvalue weighted by Crippen LogP contribution is 2.51. The molecule has 1 heterocycles. The van der Waals surface area contributed by atoms with E-state index in [4.69, 9.17) is 0 Å². The topological polar surface area (TPSA) is 0 Å². The first-order valence-electron chi connectivity index (χ1n) is 4.99. The number of hydrogen-bond acceptors (Lipinski definition) is 2. The van der Waals surface area contributed by atoms with Gasteiger partial charge in [-0.2, -0.15) is 0 Å². The highest BCUT2D eigenvalue weighted by Gasteiger charge is 2.19.